The van der Waals surface area contributed by atoms with Crippen molar-refractivity contribution in [2.75, 3.05) is 4.90 Å². The fourth-order valence-electron chi connectivity index (χ4n) is 14.4. The molecule has 7 aromatic rings. The van der Waals surface area contributed by atoms with Crippen LogP contribution in [0, 0.1) is 0 Å². The Kier molecular flexibility index (Phi) is 8.02. The maximum absolute atomic E-state index is 7.17. The van der Waals surface area contributed by atoms with Gasteiger partial charge in [0.25, 0.3) is 0 Å². The second kappa shape index (κ2) is 13.4. The predicted molar refractivity (Wildman–Crippen MR) is 269 cm³/mol. The molecule has 65 heavy (non-hydrogen) atoms. The van der Waals surface area contributed by atoms with Gasteiger partial charge in [0.1, 0.15) is 11.5 Å². The molecule has 320 valence electrons. The summed E-state index contributed by atoms with van der Waals surface area (Å²) in [7, 11) is 0. The summed E-state index contributed by atoms with van der Waals surface area (Å²) in [5.41, 5.74) is 16.4. The molecule has 2 heterocycles. The predicted octanol–water partition coefficient (Wildman–Crippen LogP) is 16.1. The molecule has 0 N–H and O–H groups in total. The van der Waals surface area contributed by atoms with Crippen LogP contribution >= 0.6 is 0 Å². The van der Waals surface area contributed by atoms with Crippen LogP contribution < -0.4 is 9.64 Å². The number of allylic oxidation sites excluding steroid dienone is 3. The van der Waals surface area contributed by atoms with E-state index in [9.17, 15) is 0 Å². The van der Waals surface area contributed by atoms with Gasteiger partial charge in [0.05, 0.1) is 16.6 Å². The van der Waals surface area contributed by atoms with Crippen molar-refractivity contribution in [1.82, 2.24) is 0 Å². The SMILES string of the molecule is CC1(C)C2=CC3(C)C4=C(C5(C)C(=CC4(C)c4cc6ccccc6cc4N3c3ccc(-c4ccc(C6CCCCC6)cc4)cc3-c3ccccc3)Oc3ccccc35)C2(C)c2ccccc21. The lowest BCUT2D eigenvalue weighted by Gasteiger charge is -2.62. The Hall–Kier alpha value is -6.38. The van der Waals surface area contributed by atoms with E-state index < -0.39 is 21.8 Å². The number of fused-ring (bicyclic) bond motifs is 11. The van der Waals surface area contributed by atoms with Gasteiger partial charge in [-0.15, -0.1) is 0 Å². The first-order valence-corrected chi connectivity index (χ1v) is 24.2. The highest BCUT2D eigenvalue weighted by molar-refractivity contribution is 5.97. The lowest BCUT2D eigenvalue weighted by molar-refractivity contribution is 0.331. The van der Waals surface area contributed by atoms with Crippen LogP contribution in [0.2, 0.25) is 0 Å². The molecule has 0 spiro atoms. The summed E-state index contributed by atoms with van der Waals surface area (Å²) in [5.74, 6) is 2.69. The van der Waals surface area contributed by atoms with Gasteiger partial charge < -0.3 is 9.64 Å². The zero-order chi connectivity index (χ0) is 44.1. The van der Waals surface area contributed by atoms with Gasteiger partial charge in [-0.25, -0.2) is 0 Å². The molecule has 7 aromatic carbocycles. The molecular weight excluding hydrogens is 787 g/mol. The fourth-order valence-corrected chi connectivity index (χ4v) is 14.4. The molecule has 0 amide bonds. The summed E-state index contributed by atoms with van der Waals surface area (Å²) >= 11 is 0. The van der Waals surface area contributed by atoms with Crippen LogP contribution in [0.15, 0.2) is 192 Å². The van der Waals surface area contributed by atoms with E-state index in [0.717, 1.165) is 11.5 Å². The minimum Gasteiger partial charge on any atom is -0.460 e. The Morgan fingerprint density at radius 1 is 0.492 bits per heavy atom. The summed E-state index contributed by atoms with van der Waals surface area (Å²) < 4.78 is 7.17. The summed E-state index contributed by atoms with van der Waals surface area (Å²) in [4.78, 5) is 2.76. The van der Waals surface area contributed by atoms with Crippen molar-refractivity contribution in [2.24, 2.45) is 0 Å². The fraction of sp³-hybridized carbons (Fsp3) is 0.270. The first-order chi connectivity index (χ1) is 31.5. The highest BCUT2D eigenvalue weighted by Crippen LogP contribution is 2.73. The standard InChI is InChI=1S/C63H57NO/c1-59(2)48-25-15-16-26-49(48)62(5)55(59)38-61(4)57-58(62)63(6)50-27-17-18-28-54(50)65-56(63)39-60(57,3)51-36-44-23-13-14-24-45(44)37-53(51)64(61)52-34-33-46(35-47(52)43-21-11-8-12-22-43)42-31-29-41(30-32-42)40-19-9-7-10-20-40/h8,11-18,21-40H,7,9-10,19-20H2,1-6H3. The van der Waals surface area contributed by atoms with Crippen LogP contribution in [0.25, 0.3) is 33.0 Å². The largest absolute Gasteiger partial charge is 0.460 e. The van der Waals surface area contributed by atoms with E-state index >= 15 is 0 Å². The van der Waals surface area contributed by atoms with Gasteiger partial charge in [0.15, 0.2) is 0 Å². The van der Waals surface area contributed by atoms with E-state index in [1.807, 2.05) is 0 Å². The minimum atomic E-state index is -0.594. The van der Waals surface area contributed by atoms with Gasteiger partial charge in [-0.1, -0.05) is 167 Å². The van der Waals surface area contributed by atoms with Crippen molar-refractivity contribution in [3.05, 3.63) is 220 Å². The Morgan fingerprint density at radius 2 is 1.14 bits per heavy atom. The highest BCUT2D eigenvalue weighted by Gasteiger charge is 2.68. The molecule has 4 unspecified atom stereocenters. The zero-order valence-corrected chi connectivity index (χ0v) is 38.6. The average molecular weight is 844 g/mol. The average Bonchev–Trinajstić information content (AvgIpc) is 3.72. The van der Waals surface area contributed by atoms with Gasteiger partial charge in [-0.2, -0.15) is 0 Å². The van der Waals surface area contributed by atoms with E-state index in [1.165, 1.54) is 121 Å². The molecular formula is C63H57NO. The van der Waals surface area contributed by atoms with Crippen molar-refractivity contribution in [2.45, 2.75) is 107 Å². The molecule has 1 fully saturated rings. The van der Waals surface area contributed by atoms with Crippen LogP contribution in [-0.4, -0.2) is 5.54 Å². The van der Waals surface area contributed by atoms with Crippen LogP contribution in [0.1, 0.15) is 107 Å². The zero-order valence-electron chi connectivity index (χ0n) is 38.6. The highest BCUT2D eigenvalue weighted by atomic mass is 16.5. The van der Waals surface area contributed by atoms with Crippen molar-refractivity contribution in [1.29, 1.82) is 0 Å². The number of hydrogen-bond acceptors (Lipinski definition) is 2. The Morgan fingerprint density at radius 3 is 1.89 bits per heavy atom. The number of rotatable bonds is 4. The maximum atomic E-state index is 7.17. The number of benzene rings is 7. The Balaban J connectivity index is 1.13. The monoisotopic (exact) mass is 843 g/mol. The van der Waals surface area contributed by atoms with Crippen LogP contribution in [-0.2, 0) is 21.7 Å². The second-order valence-corrected chi connectivity index (χ2v) is 21.3. The Labute approximate surface area is 385 Å². The molecule has 13 rings (SSSR count). The maximum Gasteiger partial charge on any atom is 0.131 e. The smallest absolute Gasteiger partial charge is 0.131 e. The lowest BCUT2D eigenvalue weighted by atomic mass is 9.46. The summed E-state index contributed by atoms with van der Waals surface area (Å²) in [6.45, 7) is 15.0. The van der Waals surface area contributed by atoms with Crippen LogP contribution in [0.3, 0.4) is 0 Å². The van der Waals surface area contributed by atoms with Gasteiger partial charge >= 0.3 is 0 Å². The van der Waals surface area contributed by atoms with E-state index in [4.69, 9.17) is 4.74 Å². The summed E-state index contributed by atoms with van der Waals surface area (Å²) in [5, 5.41) is 2.49. The molecule has 0 bridgehead atoms. The minimum absolute atomic E-state index is 0.231. The first-order valence-electron chi connectivity index (χ1n) is 24.2. The van der Waals surface area contributed by atoms with Gasteiger partial charge in [-0.05, 0) is 149 Å². The molecule has 1 saturated carbocycles. The van der Waals surface area contributed by atoms with E-state index in [0.29, 0.717) is 5.92 Å². The summed E-state index contributed by atoms with van der Waals surface area (Å²) in [6, 6.07) is 60.1. The number of hydrogen-bond donors (Lipinski definition) is 0. The van der Waals surface area contributed by atoms with E-state index in [-0.39, 0.29) is 5.41 Å². The number of anilines is 2. The molecule has 4 atom stereocenters. The topological polar surface area (TPSA) is 12.5 Å². The normalized spacial score (nSPS) is 26.8. The molecule has 0 aromatic heterocycles. The third-order valence-corrected chi connectivity index (χ3v) is 17.4. The van der Waals surface area contributed by atoms with Crippen LogP contribution in [0.5, 0.6) is 5.75 Å². The molecule has 2 aliphatic heterocycles. The van der Waals surface area contributed by atoms with Crippen molar-refractivity contribution < 1.29 is 4.74 Å². The number of ether oxygens (including phenoxy) is 1. The van der Waals surface area contributed by atoms with E-state index in [1.54, 1.807) is 0 Å². The second-order valence-electron chi connectivity index (χ2n) is 21.3. The summed E-state index contributed by atoms with van der Waals surface area (Å²) in [6.07, 6.45) is 11.9. The Bertz CT molecular complexity index is 3250. The molecule has 6 aliphatic rings. The first kappa shape index (κ1) is 39.0. The number of para-hydroxylation sites is 1. The molecule has 2 heteroatoms. The quantitative estimate of drug-likeness (QED) is 0.164. The third kappa shape index (κ3) is 5.06. The van der Waals surface area contributed by atoms with Crippen LogP contribution in [0.4, 0.5) is 11.4 Å². The van der Waals surface area contributed by atoms with Crippen molar-refractivity contribution in [3.8, 4) is 28.0 Å². The van der Waals surface area contributed by atoms with Gasteiger partial charge in [-0.3, -0.25) is 0 Å². The molecule has 0 radical (unpaired) electrons. The molecule has 4 aliphatic carbocycles. The molecule has 2 nitrogen and oxygen atoms in total. The van der Waals surface area contributed by atoms with Gasteiger partial charge in [0.2, 0.25) is 0 Å². The van der Waals surface area contributed by atoms with Crippen molar-refractivity contribution >= 4 is 22.1 Å². The third-order valence-electron chi connectivity index (χ3n) is 17.4. The van der Waals surface area contributed by atoms with E-state index in [2.05, 4.69) is 216 Å². The lowest BCUT2D eigenvalue weighted by Crippen LogP contribution is -2.61. The van der Waals surface area contributed by atoms with Crippen molar-refractivity contribution in [3.63, 3.8) is 0 Å². The number of nitrogens with zero attached hydrogens (tertiary/aromatic N) is 1. The molecule has 0 saturated heterocycles. The van der Waals surface area contributed by atoms with Gasteiger partial charge in [0, 0.05) is 33.1 Å².